The highest BCUT2D eigenvalue weighted by atomic mass is 35.5. The van der Waals surface area contributed by atoms with Gasteiger partial charge in [-0.2, -0.15) is 0 Å². The van der Waals surface area contributed by atoms with Crippen LogP contribution in [0, 0.1) is 0 Å². The highest BCUT2D eigenvalue weighted by Crippen LogP contribution is 2.24. The standard InChI is InChI=1S/C19H16ClNO2/c1-2-13-5-3-4-6-16(13)21-19(22)18-12-11-17(23-18)14-7-9-15(20)10-8-14/h3-12H,2H2,1H3,(H,21,22). The van der Waals surface area contributed by atoms with E-state index in [0.717, 1.165) is 23.2 Å². The molecule has 116 valence electrons. The third-order valence-corrected chi connectivity index (χ3v) is 3.86. The van der Waals surface area contributed by atoms with Crippen LogP contribution >= 0.6 is 11.6 Å². The van der Waals surface area contributed by atoms with Crippen molar-refractivity contribution in [2.45, 2.75) is 13.3 Å². The van der Waals surface area contributed by atoms with Crippen LogP contribution in [0.1, 0.15) is 23.0 Å². The van der Waals surface area contributed by atoms with Gasteiger partial charge in [-0.3, -0.25) is 4.79 Å². The molecule has 1 N–H and O–H groups in total. The number of halogens is 1. The Kier molecular flexibility index (Phi) is 4.49. The Labute approximate surface area is 139 Å². The third-order valence-electron chi connectivity index (χ3n) is 3.60. The van der Waals surface area contributed by atoms with Crippen LogP contribution in [0.3, 0.4) is 0 Å². The zero-order valence-corrected chi connectivity index (χ0v) is 13.4. The Morgan fingerprint density at radius 1 is 1.04 bits per heavy atom. The average molecular weight is 326 g/mol. The zero-order chi connectivity index (χ0) is 16.2. The Morgan fingerprint density at radius 2 is 1.78 bits per heavy atom. The number of hydrogen-bond donors (Lipinski definition) is 1. The van der Waals surface area contributed by atoms with E-state index in [1.165, 1.54) is 0 Å². The van der Waals surface area contributed by atoms with Crippen LogP contribution in [0.15, 0.2) is 65.1 Å². The summed E-state index contributed by atoms with van der Waals surface area (Å²) in [6.45, 7) is 2.05. The van der Waals surface area contributed by atoms with E-state index in [4.69, 9.17) is 16.0 Å². The predicted molar refractivity (Wildman–Crippen MR) is 92.9 cm³/mol. The summed E-state index contributed by atoms with van der Waals surface area (Å²) in [6.07, 6.45) is 0.852. The normalized spacial score (nSPS) is 10.5. The van der Waals surface area contributed by atoms with Crippen LogP contribution in [-0.2, 0) is 6.42 Å². The van der Waals surface area contributed by atoms with E-state index in [-0.39, 0.29) is 11.7 Å². The van der Waals surface area contributed by atoms with Crippen molar-refractivity contribution in [3.63, 3.8) is 0 Å². The molecule has 0 saturated carbocycles. The largest absolute Gasteiger partial charge is 0.451 e. The SMILES string of the molecule is CCc1ccccc1NC(=O)c1ccc(-c2ccc(Cl)cc2)o1. The maximum absolute atomic E-state index is 12.4. The van der Waals surface area contributed by atoms with Crippen molar-refractivity contribution in [3.05, 3.63) is 77.0 Å². The maximum atomic E-state index is 12.4. The average Bonchev–Trinajstić information content (AvgIpc) is 3.06. The Morgan fingerprint density at radius 3 is 2.52 bits per heavy atom. The topological polar surface area (TPSA) is 42.2 Å². The van der Waals surface area contributed by atoms with Gasteiger partial charge in [-0.05, 0) is 54.4 Å². The number of hydrogen-bond acceptors (Lipinski definition) is 2. The minimum atomic E-state index is -0.258. The van der Waals surface area contributed by atoms with E-state index in [0.29, 0.717) is 10.8 Å². The molecule has 0 radical (unpaired) electrons. The van der Waals surface area contributed by atoms with Crippen molar-refractivity contribution in [3.8, 4) is 11.3 Å². The summed E-state index contributed by atoms with van der Waals surface area (Å²) in [7, 11) is 0. The second-order valence-corrected chi connectivity index (χ2v) is 5.57. The molecule has 3 nitrogen and oxygen atoms in total. The van der Waals surface area contributed by atoms with Gasteiger partial charge in [0.15, 0.2) is 5.76 Å². The van der Waals surface area contributed by atoms with E-state index in [9.17, 15) is 4.79 Å². The van der Waals surface area contributed by atoms with Gasteiger partial charge in [0.2, 0.25) is 0 Å². The molecule has 1 aromatic heterocycles. The summed E-state index contributed by atoms with van der Waals surface area (Å²) in [5, 5.41) is 3.56. The molecule has 23 heavy (non-hydrogen) atoms. The van der Waals surface area contributed by atoms with Crippen molar-refractivity contribution >= 4 is 23.2 Å². The van der Waals surface area contributed by atoms with Crippen LogP contribution < -0.4 is 5.32 Å². The number of para-hydroxylation sites is 1. The fraction of sp³-hybridized carbons (Fsp3) is 0.105. The minimum Gasteiger partial charge on any atom is -0.451 e. The number of carbonyl (C=O) groups excluding carboxylic acids is 1. The maximum Gasteiger partial charge on any atom is 0.291 e. The Balaban J connectivity index is 1.80. The van der Waals surface area contributed by atoms with Gasteiger partial charge in [-0.1, -0.05) is 36.7 Å². The molecule has 0 saturated heterocycles. The predicted octanol–water partition coefficient (Wildman–Crippen LogP) is 5.41. The molecule has 0 spiro atoms. The molecular formula is C19H16ClNO2. The summed E-state index contributed by atoms with van der Waals surface area (Å²) in [4.78, 5) is 12.4. The zero-order valence-electron chi connectivity index (χ0n) is 12.7. The summed E-state index contributed by atoms with van der Waals surface area (Å²) < 4.78 is 5.66. The minimum absolute atomic E-state index is 0.258. The molecule has 0 aliphatic carbocycles. The molecule has 0 unspecified atom stereocenters. The van der Waals surface area contributed by atoms with Gasteiger partial charge >= 0.3 is 0 Å². The lowest BCUT2D eigenvalue weighted by Crippen LogP contribution is -2.12. The van der Waals surface area contributed by atoms with Gasteiger partial charge in [0.1, 0.15) is 5.76 Å². The lowest BCUT2D eigenvalue weighted by atomic mass is 10.1. The quantitative estimate of drug-likeness (QED) is 0.696. The molecule has 3 rings (SSSR count). The van der Waals surface area contributed by atoms with Crippen LogP contribution in [0.2, 0.25) is 5.02 Å². The summed E-state index contributed by atoms with van der Waals surface area (Å²) in [5.41, 5.74) is 2.78. The number of aryl methyl sites for hydroxylation is 1. The van der Waals surface area contributed by atoms with Gasteiger partial charge in [0, 0.05) is 16.3 Å². The molecular weight excluding hydrogens is 310 g/mol. The molecule has 0 atom stereocenters. The molecule has 4 heteroatoms. The summed E-state index contributed by atoms with van der Waals surface area (Å²) in [6, 6.07) is 18.5. The van der Waals surface area contributed by atoms with Gasteiger partial charge in [-0.25, -0.2) is 0 Å². The molecule has 0 bridgehead atoms. The first kappa shape index (κ1) is 15.4. The van der Waals surface area contributed by atoms with E-state index >= 15 is 0 Å². The lowest BCUT2D eigenvalue weighted by molar-refractivity contribution is 0.0997. The molecule has 0 aliphatic rings. The molecule has 2 aromatic carbocycles. The van der Waals surface area contributed by atoms with E-state index in [1.54, 1.807) is 24.3 Å². The van der Waals surface area contributed by atoms with Crippen LogP contribution in [0.4, 0.5) is 5.69 Å². The third kappa shape index (κ3) is 3.46. The summed E-state index contributed by atoms with van der Waals surface area (Å²) >= 11 is 5.88. The van der Waals surface area contributed by atoms with Crippen LogP contribution in [0.25, 0.3) is 11.3 Å². The number of nitrogens with one attached hydrogen (secondary N) is 1. The first-order chi connectivity index (χ1) is 11.2. The van der Waals surface area contributed by atoms with Gasteiger partial charge in [0.05, 0.1) is 0 Å². The molecule has 3 aromatic rings. The lowest BCUT2D eigenvalue weighted by Gasteiger charge is -2.08. The second kappa shape index (κ2) is 6.71. The first-order valence-corrected chi connectivity index (χ1v) is 7.80. The number of rotatable bonds is 4. The van der Waals surface area contributed by atoms with Crippen molar-refractivity contribution in [2.75, 3.05) is 5.32 Å². The second-order valence-electron chi connectivity index (χ2n) is 5.14. The molecule has 1 heterocycles. The number of benzene rings is 2. The molecule has 1 amide bonds. The summed E-state index contributed by atoms with van der Waals surface area (Å²) in [5.74, 6) is 0.655. The fourth-order valence-electron chi connectivity index (χ4n) is 2.36. The number of anilines is 1. The van der Waals surface area contributed by atoms with Crippen molar-refractivity contribution < 1.29 is 9.21 Å². The van der Waals surface area contributed by atoms with Gasteiger partial charge in [-0.15, -0.1) is 0 Å². The Hall–Kier alpha value is -2.52. The van der Waals surface area contributed by atoms with Crippen LogP contribution in [0.5, 0.6) is 0 Å². The van der Waals surface area contributed by atoms with Gasteiger partial charge in [0.25, 0.3) is 5.91 Å². The highest BCUT2D eigenvalue weighted by molar-refractivity contribution is 6.30. The first-order valence-electron chi connectivity index (χ1n) is 7.42. The molecule has 0 aliphatic heterocycles. The van der Waals surface area contributed by atoms with E-state index < -0.39 is 0 Å². The molecule has 0 fully saturated rings. The van der Waals surface area contributed by atoms with Crippen molar-refractivity contribution in [1.29, 1.82) is 0 Å². The van der Waals surface area contributed by atoms with E-state index in [1.807, 2.05) is 36.4 Å². The van der Waals surface area contributed by atoms with Crippen LogP contribution in [-0.4, -0.2) is 5.91 Å². The monoisotopic (exact) mass is 325 g/mol. The van der Waals surface area contributed by atoms with Gasteiger partial charge < -0.3 is 9.73 Å². The highest BCUT2D eigenvalue weighted by Gasteiger charge is 2.13. The fourth-order valence-corrected chi connectivity index (χ4v) is 2.49. The number of amides is 1. The number of carbonyl (C=O) groups is 1. The van der Waals surface area contributed by atoms with Crippen molar-refractivity contribution in [1.82, 2.24) is 0 Å². The van der Waals surface area contributed by atoms with E-state index in [2.05, 4.69) is 12.2 Å². The Bertz CT molecular complexity index is 821. The van der Waals surface area contributed by atoms with Crippen molar-refractivity contribution in [2.24, 2.45) is 0 Å². The smallest absolute Gasteiger partial charge is 0.291 e. The number of furan rings is 1.